The van der Waals surface area contributed by atoms with Crippen molar-refractivity contribution in [3.05, 3.63) is 57.8 Å². The van der Waals surface area contributed by atoms with E-state index in [1.807, 2.05) is 0 Å². The Morgan fingerprint density at radius 3 is 2.24 bits per heavy atom. The van der Waals surface area contributed by atoms with E-state index in [0.29, 0.717) is 5.92 Å². The molecule has 2 N–H and O–H groups in total. The largest absolute Gasteiger partial charge is 0.320 e. The van der Waals surface area contributed by atoms with Crippen LogP contribution in [0.5, 0.6) is 0 Å². The van der Waals surface area contributed by atoms with Gasteiger partial charge in [0.15, 0.2) is 0 Å². The van der Waals surface area contributed by atoms with E-state index in [1.54, 1.807) is 11.3 Å². The molecule has 0 fully saturated rings. The molecule has 0 amide bonds. The lowest BCUT2D eigenvalue weighted by atomic mass is 9.95. The summed E-state index contributed by atoms with van der Waals surface area (Å²) in [5.74, 6) is 0.626. The highest BCUT2D eigenvalue weighted by Gasteiger charge is 2.10. The van der Waals surface area contributed by atoms with Gasteiger partial charge in [0.25, 0.3) is 0 Å². The molecule has 0 saturated carbocycles. The molecule has 0 aliphatic carbocycles. The topological polar surface area (TPSA) is 26.0 Å². The van der Waals surface area contributed by atoms with Gasteiger partial charge in [-0.1, -0.05) is 38.1 Å². The predicted octanol–water partition coefficient (Wildman–Crippen LogP) is 4.31. The fourth-order valence-electron chi connectivity index (χ4n) is 1.91. The van der Waals surface area contributed by atoms with Crippen molar-refractivity contribution in [3.63, 3.8) is 0 Å². The van der Waals surface area contributed by atoms with Crippen LogP contribution in [0.4, 0.5) is 0 Å². The molecule has 2 rings (SSSR count). The standard InChI is InChI=1S/C15H19NS/c1-3-11(2)12-4-6-13(7-5-12)15(16)14-8-9-17-10-14/h4-11,15H,3,16H2,1-2H3. The summed E-state index contributed by atoms with van der Waals surface area (Å²) in [4.78, 5) is 0. The minimum Gasteiger partial charge on any atom is -0.320 e. The molecule has 2 heteroatoms. The molecule has 0 aliphatic rings. The fraction of sp³-hybridized carbons (Fsp3) is 0.333. The van der Waals surface area contributed by atoms with E-state index in [1.165, 1.54) is 23.1 Å². The van der Waals surface area contributed by atoms with Gasteiger partial charge in [0.05, 0.1) is 6.04 Å². The van der Waals surface area contributed by atoms with Crippen LogP contribution in [0, 0.1) is 0 Å². The van der Waals surface area contributed by atoms with Crippen LogP contribution in [0.1, 0.15) is 48.9 Å². The van der Waals surface area contributed by atoms with E-state index in [0.717, 1.165) is 0 Å². The lowest BCUT2D eigenvalue weighted by molar-refractivity contribution is 0.732. The molecule has 2 aromatic rings. The first kappa shape index (κ1) is 12.3. The van der Waals surface area contributed by atoms with Gasteiger partial charge in [-0.2, -0.15) is 11.3 Å². The van der Waals surface area contributed by atoms with Crippen molar-refractivity contribution in [2.75, 3.05) is 0 Å². The van der Waals surface area contributed by atoms with E-state index in [4.69, 9.17) is 5.73 Å². The van der Waals surface area contributed by atoms with Crippen LogP contribution in [-0.2, 0) is 0 Å². The Bertz CT molecular complexity index is 444. The first-order valence-corrected chi connectivity index (χ1v) is 7.04. The molecular weight excluding hydrogens is 226 g/mol. The third-order valence-corrected chi connectivity index (χ3v) is 4.08. The average Bonchev–Trinajstić information content (AvgIpc) is 2.91. The zero-order valence-corrected chi connectivity index (χ0v) is 11.2. The van der Waals surface area contributed by atoms with Crippen LogP contribution in [0.25, 0.3) is 0 Å². The quantitative estimate of drug-likeness (QED) is 0.853. The summed E-state index contributed by atoms with van der Waals surface area (Å²) >= 11 is 1.69. The minimum atomic E-state index is 0.00670. The average molecular weight is 245 g/mol. The molecule has 0 aliphatic heterocycles. The van der Waals surface area contributed by atoms with E-state index < -0.39 is 0 Å². The van der Waals surface area contributed by atoms with Crippen molar-refractivity contribution in [2.45, 2.75) is 32.2 Å². The second-order valence-corrected chi connectivity index (χ2v) is 5.29. The molecule has 0 bridgehead atoms. The van der Waals surface area contributed by atoms with Gasteiger partial charge in [0.2, 0.25) is 0 Å². The Morgan fingerprint density at radius 1 is 1.06 bits per heavy atom. The molecular formula is C15H19NS. The predicted molar refractivity (Wildman–Crippen MR) is 75.5 cm³/mol. The van der Waals surface area contributed by atoms with Gasteiger partial charge in [-0.05, 0) is 45.9 Å². The van der Waals surface area contributed by atoms with Gasteiger partial charge in [0.1, 0.15) is 0 Å². The van der Waals surface area contributed by atoms with Crippen molar-refractivity contribution < 1.29 is 0 Å². The molecule has 2 atom stereocenters. The molecule has 1 heterocycles. The Labute approximate surface area is 107 Å². The normalized spacial score (nSPS) is 14.5. The Kier molecular flexibility index (Phi) is 3.97. The second kappa shape index (κ2) is 5.48. The molecule has 0 spiro atoms. The lowest BCUT2D eigenvalue weighted by Gasteiger charge is -2.13. The maximum absolute atomic E-state index is 6.23. The van der Waals surface area contributed by atoms with Crippen molar-refractivity contribution in [1.29, 1.82) is 0 Å². The zero-order chi connectivity index (χ0) is 12.3. The Balaban J connectivity index is 2.18. The van der Waals surface area contributed by atoms with E-state index in [-0.39, 0.29) is 6.04 Å². The number of hydrogen-bond donors (Lipinski definition) is 1. The number of thiophene rings is 1. The third-order valence-electron chi connectivity index (χ3n) is 3.38. The number of rotatable bonds is 4. The lowest BCUT2D eigenvalue weighted by Crippen LogP contribution is -2.10. The molecule has 0 saturated heterocycles. The summed E-state index contributed by atoms with van der Waals surface area (Å²) in [7, 11) is 0. The first-order chi connectivity index (χ1) is 8.22. The van der Waals surface area contributed by atoms with Gasteiger partial charge in [-0.3, -0.25) is 0 Å². The van der Waals surface area contributed by atoms with Crippen LogP contribution in [0.2, 0.25) is 0 Å². The minimum absolute atomic E-state index is 0.00670. The first-order valence-electron chi connectivity index (χ1n) is 6.10. The number of hydrogen-bond acceptors (Lipinski definition) is 2. The van der Waals surface area contributed by atoms with Crippen molar-refractivity contribution in [3.8, 4) is 0 Å². The van der Waals surface area contributed by atoms with E-state index in [2.05, 4.69) is 54.9 Å². The van der Waals surface area contributed by atoms with Gasteiger partial charge >= 0.3 is 0 Å². The SMILES string of the molecule is CCC(C)c1ccc(C(N)c2ccsc2)cc1. The summed E-state index contributed by atoms with van der Waals surface area (Å²) < 4.78 is 0. The Hall–Kier alpha value is -1.12. The molecule has 1 aromatic carbocycles. The number of nitrogens with two attached hydrogens (primary N) is 1. The summed E-state index contributed by atoms with van der Waals surface area (Å²) in [5.41, 5.74) is 10.0. The molecule has 17 heavy (non-hydrogen) atoms. The van der Waals surface area contributed by atoms with Crippen molar-refractivity contribution in [1.82, 2.24) is 0 Å². The highest BCUT2D eigenvalue weighted by molar-refractivity contribution is 7.08. The van der Waals surface area contributed by atoms with E-state index in [9.17, 15) is 0 Å². The van der Waals surface area contributed by atoms with Gasteiger partial charge in [-0.15, -0.1) is 0 Å². The summed E-state index contributed by atoms with van der Waals surface area (Å²) in [6.07, 6.45) is 1.18. The van der Waals surface area contributed by atoms with Crippen LogP contribution in [0.15, 0.2) is 41.1 Å². The molecule has 0 radical (unpaired) electrons. The molecule has 2 unspecified atom stereocenters. The highest BCUT2D eigenvalue weighted by Crippen LogP contribution is 2.24. The maximum atomic E-state index is 6.23. The van der Waals surface area contributed by atoms with Crippen LogP contribution in [0.3, 0.4) is 0 Å². The molecule has 90 valence electrons. The smallest absolute Gasteiger partial charge is 0.0559 e. The monoisotopic (exact) mass is 245 g/mol. The van der Waals surface area contributed by atoms with Crippen LogP contribution < -0.4 is 5.73 Å². The second-order valence-electron chi connectivity index (χ2n) is 4.51. The molecule has 1 nitrogen and oxygen atoms in total. The highest BCUT2D eigenvalue weighted by atomic mass is 32.1. The van der Waals surface area contributed by atoms with Crippen molar-refractivity contribution in [2.24, 2.45) is 5.73 Å². The third kappa shape index (κ3) is 2.76. The van der Waals surface area contributed by atoms with Gasteiger partial charge < -0.3 is 5.73 Å². The van der Waals surface area contributed by atoms with Gasteiger partial charge in [-0.25, -0.2) is 0 Å². The van der Waals surface area contributed by atoms with E-state index >= 15 is 0 Å². The van der Waals surface area contributed by atoms with Crippen LogP contribution in [-0.4, -0.2) is 0 Å². The zero-order valence-electron chi connectivity index (χ0n) is 10.4. The van der Waals surface area contributed by atoms with Gasteiger partial charge in [0, 0.05) is 0 Å². The van der Waals surface area contributed by atoms with Crippen LogP contribution >= 0.6 is 11.3 Å². The number of benzene rings is 1. The maximum Gasteiger partial charge on any atom is 0.0559 e. The molecule has 1 aromatic heterocycles. The summed E-state index contributed by atoms with van der Waals surface area (Å²) in [6, 6.07) is 10.8. The van der Waals surface area contributed by atoms with Crippen molar-refractivity contribution >= 4 is 11.3 Å². The summed E-state index contributed by atoms with van der Waals surface area (Å²) in [6.45, 7) is 4.48. The Morgan fingerprint density at radius 2 is 1.71 bits per heavy atom. The fourth-order valence-corrected chi connectivity index (χ4v) is 2.61. The summed E-state index contributed by atoms with van der Waals surface area (Å²) in [5, 5.41) is 4.19.